The lowest BCUT2D eigenvalue weighted by Crippen LogP contribution is -2.39. The van der Waals surface area contributed by atoms with Crippen LogP contribution < -0.4 is 15.4 Å². The van der Waals surface area contributed by atoms with Crippen LogP contribution in [0.5, 0.6) is 5.75 Å². The van der Waals surface area contributed by atoms with E-state index < -0.39 is 0 Å². The molecule has 29 heavy (non-hydrogen) atoms. The summed E-state index contributed by atoms with van der Waals surface area (Å²) in [4.78, 5) is 13.2. The fourth-order valence-electron chi connectivity index (χ4n) is 3.82. The van der Waals surface area contributed by atoms with Crippen molar-refractivity contribution in [2.75, 3.05) is 19.7 Å². The highest BCUT2D eigenvalue weighted by Gasteiger charge is 2.35. The number of aryl methyl sites for hydroxylation is 1. The summed E-state index contributed by atoms with van der Waals surface area (Å²) in [5.41, 5.74) is 2.12. The van der Waals surface area contributed by atoms with Gasteiger partial charge in [-0.1, -0.05) is 48.5 Å². The lowest BCUT2D eigenvalue weighted by Gasteiger charge is -2.23. The molecule has 2 heterocycles. The van der Waals surface area contributed by atoms with E-state index in [0.29, 0.717) is 13.2 Å². The molecule has 1 unspecified atom stereocenters. The number of carbonyl (C=O) groups is 1. The lowest BCUT2D eigenvalue weighted by atomic mass is 9.90. The number of carbonyl (C=O) groups excluding carboxylic acids is 1. The van der Waals surface area contributed by atoms with Crippen LogP contribution in [0.1, 0.15) is 23.1 Å². The van der Waals surface area contributed by atoms with Crippen LogP contribution in [0.3, 0.4) is 0 Å². The molecule has 3 aromatic rings. The van der Waals surface area contributed by atoms with Crippen LogP contribution in [-0.4, -0.2) is 35.4 Å². The van der Waals surface area contributed by atoms with Crippen molar-refractivity contribution < 1.29 is 9.53 Å². The minimum atomic E-state index is -0.223. The Morgan fingerprint density at radius 3 is 2.59 bits per heavy atom. The Morgan fingerprint density at radius 1 is 1.17 bits per heavy atom. The fraction of sp³-hybridized carbons (Fsp3) is 0.304. The van der Waals surface area contributed by atoms with Gasteiger partial charge in [-0.2, -0.15) is 5.10 Å². The van der Waals surface area contributed by atoms with Gasteiger partial charge in [-0.15, -0.1) is 0 Å². The first kappa shape index (κ1) is 19.2. The van der Waals surface area contributed by atoms with Gasteiger partial charge in [0.05, 0.1) is 18.2 Å². The predicted molar refractivity (Wildman–Crippen MR) is 112 cm³/mol. The summed E-state index contributed by atoms with van der Waals surface area (Å²) in [6.45, 7) is 1.81. The first-order valence-corrected chi connectivity index (χ1v) is 9.93. The molecule has 1 saturated heterocycles. The third kappa shape index (κ3) is 4.66. The van der Waals surface area contributed by atoms with E-state index in [1.54, 1.807) is 4.68 Å². The maximum atomic E-state index is 13.2. The van der Waals surface area contributed by atoms with Crippen molar-refractivity contribution in [3.8, 4) is 5.75 Å². The van der Waals surface area contributed by atoms with E-state index in [4.69, 9.17) is 4.74 Å². The maximum absolute atomic E-state index is 13.2. The van der Waals surface area contributed by atoms with Gasteiger partial charge >= 0.3 is 0 Å². The Bertz CT molecular complexity index is 926. The standard InChI is InChI=1S/C23H26N4O2/c1-27-15-18(12-25-27)20-13-24-14-21(20)23(28)26-22(17-8-4-2-5-9-17)16-29-19-10-6-3-7-11-19/h2-12,15,20-22,24H,13-14,16H2,1H3,(H,26,28)/t20-,21+,22?/m1/s1. The van der Waals surface area contributed by atoms with E-state index in [9.17, 15) is 4.79 Å². The quantitative estimate of drug-likeness (QED) is 0.651. The number of nitrogens with one attached hydrogen (secondary N) is 2. The van der Waals surface area contributed by atoms with E-state index in [2.05, 4.69) is 15.7 Å². The van der Waals surface area contributed by atoms with Crippen LogP contribution in [0, 0.1) is 5.92 Å². The number of benzene rings is 2. The monoisotopic (exact) mass is 390 g/mol. The molecule has 2 N–H and O–H groups in total. The Balaban J connectivity index is 1.48. The molecule has 6 heteroatoms. The van der Waals surface area contributed by atoms with Crippen LogP contribution in [0.15, 0.2) is 73.1 Å². The van der Waals surface area contributed by atoms with Gasteiger partial charge in [0.1, 0.15) is 12.4 Å². The largest absolute Gasteiger partial charge is 0.491 e. The third-order valence-corrected chi connectivity index (χ3v) is 5.38. The lowest BCUT2D eigenvalue weighted by molar-refractivity contribution is -0.125. The minimum absolute atomic E-state index is 0.0365. The molecule has 150 valence electrons. The van der Waals surface area contributed by atoms with E-state index >= 15 is 0 Å². The predicted octanol–water partition coefficient (Wildman–Crippen LogP) is 2.66. The maximum Gasteiger partial charge on any atom is 0.225 e. The fourth-order valence-corrected chi connectivity index (χ4v) is 3.82. The highest BCUT2D eigenvalue weighted by molar-refractivity contribution is 5.81. The van der Waals surface area contributed by atoms with Crippen molar-refractivity contribution in [2.45, 2.75) is 12.0 Å². The molecule has 0 spiro atoms. The average molecular weight is 390 g/mol. The molecule has 4 rings (SSSR count). The Hall–Kier alpha value is -3.12. The first-order chi connectivity index (χ1) is 14.2. The number of ether oxygens (including phenoxy) is 1. The van der Waals surface area contributed by atoms with Crippen molar-refractivity contribution in [1.29, 1.82) is 0 Å². The number of rotatable bonds is 7. The molecule has 0 saturated carbocycles. The number of nitrogens with zero attached hydrogens (tertiary/aromatic N) is 2. The second-order valence-electron chi connectivity index (χ2n) is 7.41. The summed E-state index contributed by atoms with van der Waals surface area (Å²) < 4.78 is 7.74. The van der Waals surface area contributed by atoms with Crippen LogP contribution in [-0.2, 0) is 11.8 Å². The molecule has 1 aromatic heterocycles. The highest BCUT2D eigenvalue weighted by Crippen LogP contribution is 2.29. The molecule has 1 aliphatic heterocycles. The van der Waals surface area contributed by atoms with Gasteiger partial charge in [0.25, 0.3) is 0 Å². The van der Waals surface area contributed by atoms with Crippen molar-refractivity contribution in [1.82, 2.24) is 20.4 Å². The molecule has 1 amide bonds. The van der Waals surface area contributed by atoms with E-state index in [0.717, 1.165) is 23.4 Å². The van der Waals surface area contributed by atoms with Crippen molar-refractivity contribution >= 4 is 5.91 Å². The second-order valence-corrected chi connectivity index (χ2v) is 7.41. The van der Waals surface area contributed by atoms with E-state index in [1.165, 1.54) is 0 Å². The Morgan fingerprint density at radius 2 is 1.90 bits per heavy atom. The molecule has 1 fully saturated rings. The van der Waals surface area contributed by atoms with E-state index in [-0.39, 0.29) is 23.8 Å². The van der Waals surface area contributed by atoms with Crippen molar-refractivity contribution in [2.24, 2.45) is 13.0 Å². The molecule has 0 radical (unpaired) electrons. The summed E-state index contributed by atoms with van der Waals surface area (Å²) in [5, 5.41) is 10.8. The highest BCUT2D eigenvalue weighted by atomic mass is 16.5. The zero-order valence-electron chi connectivity index (χ0n) is 16.5. The van der Waals surface area contributed by atoms with Crippen LogP contribution in [0.4, 0.5) is 0 Å². The molecule has 0 aliphatic carbocycles. The first-order valence-electron chi connectivity index (χ1n) is 9.93. The van der Waals surface area contributed by atoms with Gasteiger partial charge in [0.2, 0.25) is 5.91 Å². The van der Waals surface area contributed by atoms with Crippen LogP contribution in [0.25, 0.3) is 0 Å². The average Bonchev–Trinajstić information content (AvgIpc) is 3.41. The van der Waals surface area contributed by atoms with Gasteiger partial charge in [-0.3, -0.25) is 9.48 Å². The summed E-state index contributed by atoms with van der Waals surface area (Å²) in [5.74, 6) is 0.810. The molecule has 6 nitrogen and oxygen atoms in total. The second kappa shape index (κ2) is 8.92. The topological polar surface area (TPSA) is 68.2 Å². The van der Waals surface area contributed by atoms with Gasteiger partial charge in [-0.25, -0.2) is 0 Å². The van der Waals surface area contributed by atoms with E-state index in [1.807, 2.05) is 80.1 Å². The zero-order chi connectivity index (χ0) is 20.1. The molecular weight excluding hydrogens is 364 g/mol. The van der Waals surface area contributed by atoms with Gasteiger partial charge in [0, 0.05) is 32.3 Å². The number of amides is 1. The molecule has 3 atom stereocenters. The Kier molecular flexibility index (Phi) is 5.91. The number of aromatic nitrogens is 2. The summed E-state index contributed by atoms with van der Waals surface area (Å²) in [6, 6.07) is 19.4. The number of para-hydroxylation sites is 1. The molecule has 2 aromatic carbocycles. The van der Waals surface area contributed by atoms with Gasteiger partial charge < -0.3 is 15.4 Å². The van der Waals surface area contributed by atoms with Crippen LogP contribution in [0.2, 0.25) is 0 Å². The number of hydrogen-bond acceptors (Lipinski definition) is 4. The van der Waals surface area contributed by atoms with Crippen molar-refractivity contribution in [3.05, 3.63) is 84.2 Å². The smallest absolute Gasteiger partial charge is 0.225 e. The third-order valence-electron chi connectivity index (χ3n) is 5.38. The SMILES string of the molecule is Cn1cc([C@H]2CNC[C@@H]2C(=O)NC(COc2ccccc2)c2ccccc2)cn1. The van der Waals surface area contributed by atoms with Crippen LogP contribution >= 0.6 is 0 Å². The number of hydrogen-bond donors (Lipinski definition) is 2. The zero-order valence-corrected chi connectivity index (χ0v) is 16.5. The van der Waals surface area contributed by atoms with Gasteiger partial charge in [0.15, 0.2) is 0 Å². The Labute approximate surface area is 170 Å². The summed E-state index contributed by atoms with van der Waals surface area (Å²) in [7, 11) is 1.90. The van der Waals surface area contributed by atoms with Crippen molar-refractivity contribution in [3.63, 3.8) is 0 Å². The summed E-state index contributed by atoms with van der Waals surface area (Å²) in [6.07, 6.45) is 3.84. The normalized spacial score (nSPS) is 19.6. The summed E-state index contributed by atoms with van der Waals surface area (Å²) >= 11 is 0. The molecular formula is C23H26N4O2. The minimum Gasteiger partial charge on any atom is -0.491 e. The molecule has 1 aliphatic rings. The van der Waals surface area contributed by atoms with Gasteiger partial charge in [-0.05, 0) is 23.3 Å². The molecule has 0 bridgehead atoms.